The summed E-state index contributed by atoms with van der Waals surface area (Å²) in [4.78, 5) is 10.6. The number of methoxy groups -OCH3 is 1. The van der Waals surface area contributed by atoms with E-state index in [4.69, 9.17) is 5.11 Å². The van der Waals surface area contributed by atoms with E-state index >= 15 is 0 Å². The molecule has 0 bridgehead atoms. The van der Waals surface area contributed by atoms with Crippen molar-refractivity contribution in [3.8, 4) is 0 Å². The van der Waals surface area contributed by atoms with E-state index in [-0.39, 0.29) is 18.2 Å². The summed E-state index contributed by atoms with van der Waals surface area (Å²) in [6.45, 7) is 0.116. The van der Waals surface area contributed by atoms with Crippen LogP contribution in [0, 0.1) is 0 Å². The van der Waals surface area contributed by atoms with Crippen molar-refractivity contribution in [2.75, 3.05) is 13.7 Å². The van der Waals surface area contributed by atoms with Crippen LogP contribution in [0.25, 0.3) is 0 Å². The molecule has 0 fully saturated rings. The van der Waals surface area contributed by atoms with Crippen LogP contribution in [-0.2, 0) is 9.53 Å². The molecule has 0 amide bonds. The summed E-state index contributed by atoms with van der Waals surface area (Å²) in [6, 6.07) is 0. The Morgan fingerprint density at radius 2 is 2.40 bits per heavy atom. The van der Waals surface area contributed by atoms with Gasteiger partial charge in [0, 0.05) is 6.61 Å². The Morgan fingerprint density at radius 1 is 1.80 bits per heavy atom. The monoisotopic (exact) mass is 164 g/mol. The molecule has 0 saturated heterocycles. The predicted octanol–water partition coefficient (Wildman–Crippen LogP) is 0.176. The zero-order valence-electron chi connectivity index (χ0n) is 6.04. The average Bonchev–Trinajstić information content (AvgIpc) is 1.88. The lowest BCUT2D eigenvalue weighted by Crippen LogP contribution is -2.10. The normalized spacial score (nSPS) is 12.7. The molecule has 60 valence electrons. The molecule has 0 aliphatic rings. The lowest BCUT2D eigenvalue weighted by molar-refractivity contribution is -0.140. The van der Waals surface area contributed by atoms with Gasteiger partial charge in [-0.25, -0.2) is 0 Å². The van der Waals surface area contributed by atoms with Gasteiger partial charge in [-0.15, -0.1) is 9.24 Å². The first-order valence-electron chi connectivity index (χ1n) is 3.14. The van der Waals surface area contributed by atoms with E-state index in [1.54, 1.807) is 0 Å². The summed E-state index contributed by atoms with van der Waals surface area (Å²) in [5, 5.41) is 8.46. The molecule has 1 N–H and O–H groups in total. The van der Waals surface area contributed by atoms with E-state index in [0.717, 1.165) is 0 Å². The summed E-state index contributed by atoms with van der Waals surface area (Å²) >= 11 is 0. The van der Waals surface area contributed by atoms with Crippen molar-refractivity contribution in [2.24, 2.45) is 0 Å². The van der Waals surface area contributed by atoms with E-state index in [2.05, 4.69) is 14.0 Å². The number of aliphatic hydroxyl groups excluding tert-OH is 1. The summed E-state index contributed by atoms with van der Waals surface area (Å²) in [5.41, 5.74) is 0.137. The van der Waals surface area contributed by atoms with Gasteiger partial charge in [-0.3, -0.25) is 4.79 Å². The molecule has 0 aliphatic heterocycles. The van der Waals surface area contributed by atoms with Crippen molar-refractivity contribution in [1.82, 2.24) is 0 Å². The van der Waals surface area contributed by atoms with Gasteiger partial charge in [0.2, 0.25) is 0 Å². The van der Waals surface area contributed by atoms with Crippen LogP contribution < -0.4 is 0 Å². The third-order valence-electron chi connectivity index (χ3n) is 1.16. The highest BCUT2D eigenvalue weighted by Gasteiger charge is 2.07. The highest BCUT2D eigenvalue weighted by molar-refractivity contribution is 7.17. The number of rotatable bonds is 4. The zero-order chi connectivity index (χ0) is 7.98. The molecule has 0 rings (SSSR count). The molecule has 0 aliphatic carbocycles. The van der Waals surface area contributed by atoms with Gasteiger partial charge in [-0.05, 0) is 12.1 Å². The molecular formula is C6H13O3P. The molecule has 0 aromatic carbocycles. The second kappa shape index (κ2) is 5.63. The van der Waals surface area contributed by atoms with Crippen molar-refractivity contribution < 1.29 is 14.6 Å². The molecule has 0 aromatic heterocycles. The molecule has 2 atom stereocenters. The minimum Gasteiger partial charge on any atom is -0.469 e. The Hall–Kier alpha value is -0.140. The van der Waals surface area contributed by atoms with Crippen LogP contribution in [0.4, 0.5) is 0 Å². The largest absolute Gasteiger partial charge is 0.469 e. The predicted molar refractivity (Wildman–Crippen MR) is 41.8 cm³/mol. The fourth-order valence-electron chi connectivity index (χ4n) is 0.565. The van der Waals surface area contributed by atoms with Crippen LogP contribution >= 0.6 is 9.24 Å². The Labute approximate surface area is 63.0 Å². The molecule has 3 nitrogen and oxygen atoms in total. The topological polar surface area (TPSA) is 46.5 Å². The Balaban J connectivity index is 3.37. The number of aliphatic hydroxyl groups is 1. The second-order valence-electron chi connectivity index (χ2n) is 2.05. The SMILES string of the molecule is COC(=O)CC(P)CCO. The summed E-state index contributed by atoms with van der Waals surface area (Å²) < 4.78 is 4.43. The van der Waals surface area contributed by atoms with Gasteiger partial charge in [0.25, 0.3) is 0 Å². The number of carbonyl (C=O) groups is 1. The van der Waals surface area contributed by atoms with E-state index < -0.39 is 0 Å². The first-order valence-corrected chi connectivity index (χ1v) is 3.80. The molecule has 0 radical (unpaired) electrons. The standard InChI is InChI=1S/C6H13O3P/c1-9-6(8)4-5(10)2-3-7/h5,7H,2-4,10H2,1H3. The van der Waals surface area contributed by atoms with Gasteiger partial charge in [-0.1, -0.05) is 0 Å². The van der Waals surface area contributed by atoms with Gasteiger partial charge >= 0.3 is 5.97 Å². The van der Waals surface area contributed by atoms with Crippen molar-refractivity contribution in [3.63, 3.8) is 0 Å². The summed E-state index contributed by atoms with van der Waals surface area (Å²) in [6.07, 6.45) is 0.988. The lowest BCUT2D eigenvalue weighted by atomic mass is 10.2. The molecular weight excluding hydrogens is 151 g/mol. The fourth-order valence-corrected chi connectivity index (χ4v) is 0.907. The number of carbonyl (C=O) groups excluding carboxylic acids is 1. The van der Waals surface area contributed by atoms with Gasteiger partial charge in [0.05, 0.1) is 13.5 Å². The number of esters is 1. The lowest BCUT2D eigenvalue weighted by Gasteiger charge is -2.05. The zero-order valence-corrected chi connectivity index (χ0v) is 7.19. The van der Waals surface area contributed by atoms with E-state index in [1.807, 2.05) is 0 Å². The fraction of sp³-hybridized carbons (Fsp3) is 0.833. The Kier molecular flexibility index (Phi) is 5.55. The van der Waals surface area contributed by atoms with Gasteiger partial charge in [-0.2, -0.15) is 0 Å². The van der Waals surface area contributed by atoms with Crippen molar-refractivity contribution >= 4 is 15.2 Å². The molecule has 0 heterocycles. The van der Waals surface area contributed by atoms with E-state index in [0.29, 0.717) is 12.8 Å². The van der Waals surface area contributed by atoms with Crippen LogP contribution in [0.1, 0.15) is 12.8 Å². The molecule has 10 heavy (non-hydrogen) atoms. The molecule has 0 saturated carbocycles. The van der Waals surface area contributed by atoms with Gasteiger partial charge in [0.15, 0.2) is 0 Å². The number of ether oxygens (including phenoxy) is 1. The van der Waals surface area contributed by atoms with Crippen LogP contribution in [0.3, 0.4) is 0 Å². The summed E-state index contributed by atoms with van der Waals surface area (Å²) in [7, 11) is 3.85. The second-order valence-corrected chi connectivity index (χ2v) is 3.00. The smallest absolute Gasteiger partial charge is 0.306 e. The van der Waals surface area contributed by atoms with Crippen LogP contribution in [0.2, 0.25) is 0 Å². The highest BCUT2D eigenvalue weighted by Crippen LogP contribution is 2.09. The summed E-state index contributed by atoms with van der Waals surface area (Å²) in [5.74, 6) is -0.228. The maximum absolute atomic E-state index is 10.6. The maximum Gasteiger partial charge on any atom is 0.306 e. The van der Waals surface area contributed by atoms with Crippen molar-refractivity contribution in [1.29, 1.82) is 0 Å². The number of hydrogen-bond acceptors (Lipinski definition) is 3. The maximum atomic E-state index is 10.6. The average molecular weight is 164 g/mol. The molecule has 0 spiro atoms. The quantitative estimate of drug-likeness (QED) is 0.476. The minimum absolute atomic E-state index is 0.116. The van der Waals surface area contributed by atoms with Gasteiger partial charge < -0.3 is 9.84 Å². The number of hydrogen-bond donors (Lipinski definition) is 1. The first kappa shape index (κ1) is 9.86. The van der Waals surface area contributed by atoms with Crippen LogP contribution in [-0.4, -0.2) is 30.5 Å². The molecule has 0 aromatic rings. The van der Waals surface area contributed by atoms with E-state index in [9.17, 15) is 4.79 Å². The molecule has 4 heteroatoms. The third-order valence-corrected chi connectivity index (χ3v) is 1.73. The highest BCUT2D eigenvalue weighted by atomic mass is 31.0. The minimum atomic E-state index is -0.228. The van der Waals surface area contributed by atoms with Gasteiger partial charge in [0.1, 0.15) is 0 Å². The molecule has 2 unspecified atom stereocenters. The third kappa shape index (κ3) is 4.71. The Morgan fingerprint density at radius 3 is 2.80 bits per heavy atom. The van der Waals surface area contributed by atoms with Crippen LogP contribution in [0.15, 0.2) is 0 Å². The van der Waals surface area contributed by atoms with Crippen molar-refractivity contribution in [3.05, 3.63) is 0 Å². The van der Waals surface area contributed by atoms with Crippen LogP contribution in [0.5, 0.6) is 0 Å². The van der Waals surface area contributed by atoms with E-state index in [1.165, 1.54) is 7.11 Å². The Bertz CT molecular complexity index is 105. The van der Waals surface area contributed by atoms with Crippen molar-refractivity contribution in [2.45, 2.75) is 18.5 Å². The first-order chi connectivity index (χ1) is 4.70.